The minimum atomic E-state index is -3.85. The van der Waals surface area contributed by atoms with Crippen molar-refractivity contribution in [1.29, 1.82) is 0 Å². The van der Waals surface area contributed by atoms with Gasteiger partial charge in [0.1, 0.15) is 0 Å². The Morgan fingerprint density at radius 3 is 2.12 bits per heavy atom. The van der Waals surface area contributed by atoms with Crippen molar-refractivity contribution in [2.45, 2.75) is 23.3 Å². The molecule has 24 heavy (non-hydrogen) atoms. The van der Waals surface area contributed by atoms with Gasteiger partial charge < -0.3 is 5.11 Å². The number of nitrogens with zero attached hydrogens (tertiary/aromatic N) is 1. The first-order valence-electron chi connectivity index (χ1n) is 7.32. The Bertz CT molecular complexity index is 853. The number of nitro benzene ring substituents is 1. The number of sulfonamides is 1. The molecule has 0 unspecified atom stereocenters. The van der Waals surface area contributed by atoms with Gasteiger partial charge in [0.2, 0.25) is 10.0 Å². The largest absolute Gasteiger partial charge is 0.388 e. The molecule has 1 aliphatic carbocycles. The average Bonchev–Trinajstić information content (AvgIpc) is 2.90. The molecule has 0 heterocycles. The van der Waals surface area contributed by atoms with Crippen LogP contribution in [0.3, 0.4) is 0 Å². The summed E-state index contributed by atoms with van der Waals surface area (Å²) in [7, 11) is -3.85. The lowest BCUT2D eigenvalue weighted by Crippen LogP contribution is -2.43. The van der Waals surface area contributed by atoms with Crippen molar-refractivity contribution in [2.75, 3.05) is 6.54 Å². The molecule has 2 aromatic rings. The SMILES string of the molecule is O=[N+]([O-])c1ccc(S(=O)(=O)NCC2(O)Cc3ccccc3C2)cc1. The molecule has 7 nitrogen and oxygen atoms in total. The van der Waals surface area contributed by atoms with Crippen molar-refractivity contribution >= 4 is 15.7 Å². The van der Waals surface area contributed by atoms with Crippen LogP contribution in [-0.4, -0.2) is 30.6 Å². The number of hydrogen-bond acceptors (Lipinski definition) is 5. The number of fused-ring (bicyclic) bond motifs is 1. The number of aliphatic hydroxyl groups is 1. The predicted octanol–water partition coefficient (Wildman–Crippen LogP) is 1.40. The molecular formula is C16H16N2O5S. The third kappa shape index (κ3) is 3.30. The molecule has 126 valence electrons. The molecular weight excluding hydrogens is 332 g/mol. The zero-order chi connectivity index (χ0) is 17.4. The number of nitro groups is 1. The highest BCUT2D eigenvalue weighted by atomic mass is 32.2. The Morgan fingerprint density at radius 2 is 1.62 bits per heavy atom. The summed E-state index contributed by atoms with van der Waals surface area (Å²) >= 11 is 0. The predicted molar refractivity (Wildman–Crippen MR) is 87.1 cm³/mol. The number of benzene rings is 2. The molecule has 0 amide bonds. The first-order chi connectivity index (χ1) is 11.3. The Morgan fingerprint density at radius 1 is 1.08 bits per heavy atom. The molecule has 8 heteroatoms. The fourth-order valence-electron chi connectivity index (χ4n) is 2.86. The summed E-state index contributed by atoms with van der Waals surface area (Å²) in [6, 6.07) is 12.2. The van der Waals surface area contributed by atoms with Crippen molar-refractivity contribution in [2.24, 2.45) is 0 Å². The van der Waals surface area contributed by atoms with E-state index in [0.29, 0.717) is 12.8 Å². The molecule has 3 rings (SSSR count). The third-order valence-corrected chi connectivity index (χ3v) is 5.52. The van der Waals surface area contributed by atoms with E-state index in [9.17, 15) is 23.6 Å². The first kappa shape index (κ1) is 16.6. The number of nitrogens with one attached hydrogen (secondary N) is 1. The van der Waals surface area contributed by atoms with Crippen molar-refractivity contribution in [3.05, 3.63) is 69.8 Å². The lowest BCUT2D eigenvalue weighted by Gasteiger charge is -2.22. The van der Waals surface area contributed by atoms with Crippen LogP contribution < -0.4 is 4.72 Å². The van der Waals surface area contributed by atoms with Crippen LogP contribution in [-0.2, 0) is 22.9 Å². The molecule has 0 saturated heterocycles. The van der Waals surface area contributed by atoms with Crippen LogP contribution in [0.5, 0.6) is 0 Å². The van der Waals surface area contributed by atoms with Gasteiger partial charge in [0.05, 0.1) is 15.4 Å². The fourth-order valence-corrected chi connectivity index (χ4v) is 3.98. The van der Waals surface area contributed by atoms with Crippen LogP contribution in [0.4, 0.5) is 5.69 Å². The summed E-state index contributed by atoms with van der Waals surface area (Å²) in [5.74, 6) is 0. The van der Waals surface area contributed by atoms with Gasteiger partial charge in [-0.2, -0.15) is 0 Å². The van der Waals surface area contributed by atoms with Crippen molar-refractivity contribution < 1.29 is 18.4 Å². The van der Waals surface area contributed by atoms with E-state index in [1.165, 1.54) is 12.1 Å². The maximum Gasteiger partial charge on any atom is 0.269 e. The lowest BCUT2D eigenvalue weighted by atomic mass is 10.0. The zero-order valence-electron chi connectivity index (χ0n) is 12.7. The topological polar surface area (TPSA) is 110 Å². The van der Waals surface area contributed by atoms with E-state index in [0.717, 1.165) is 23.3 Å². The van der Waals surface area contributed by atoms with Crippen LogP contribution in [0.25, 0.3) is 0 Å². The van der Waals surface area contributed by atoms with Gasteiger partial charge in [-0.3, -0.25) is 10.1 Å². The Labute approximate surface area is 139 Å². The molecule has 1 aliphatic rings. The van der Waals surface area contributed by atoms with Gasteiger partial charge >= 0.3 is 0 Å². The molecule has 0 aliphatic heterocycles. The first-order valence-corrected chi connectivity index (χ1v) is 8.81. The summed E-state index contributed by atoms with van der Waals surface area (Å²) in [6.45, 7) is -0.124. The molecule has 0 aromatic heterocycles. The van der Waals surface area contributed by atoms with Gasteiger partial charge in [0.15, 0.2) is 0 Å². The summed E-state index contributed by atoms with van der Waals surface area (Å²) < 4.78 is 27.0. The van der Waals surface area contributed by atoms with Crippen molar-refractivity contribution in [3.8, 4) is 0 Å². The van der Waals surface area contributed by atoms with Crippen molar-refractivity contribution in [1.82, 2.24) is 4.72 Å². The number of non-ortho nitro benzene ring substituents is 1. The smallest absolute Gasteiger partial charge is 0.269 e. The standard InChI is InChI=1S/C16H16N2O5S/c19-16(9-12-3-1-2-4-13(12)10-16)11-17-24(22,23)15-7-5-14(6-8-15)18(20)21/h1-8,17,19H,9-11H2. The maximum atomic E-state index is 12.3. The Balaban J connectivity index is 1.71. The van der Waals surface area contributed by atoms with Crippen LogP contribution in [0, 0.1) is 10.1 Å². The molecule has 0 radical (unpaired) electrons. The Kier molecular flexibility index (Phi) is 4.12. The molecule has 2 N–H and O–H groups in total. The van der Waals surface area contributed by atoms with Gasteiger partial charge in [-0.1, -0.05) is 24.3 Å². The van der Waals surface area contributed by atoms with Gasteiger partial charge in [-0.25, -0.2) is 13.1 Å². The van der Waals surface area contributed by atoms with Gasteiger partial charge in [0, 0.05) is 31.5 Å². The van der Waals surface area contributed by atoms with E-state index in [1.807, 2.05) is 24.3 Å². The lowest BCUT2D eigenvalue weighted by molar-refractivity contribution is -0.384. The highest BCUT2D eigenvalue weighted by Gasteiger charge is 2.36. The van der Waals surface area contributed by atoms with E-state index in [2.05, 4.69) is 4.72 Å². The monoisotopic (exact) mass is 348 g/mol. The van der Waals surface area contributed by atoms with E-state index in [4.69, 9.17) is 0 Å². The van der Waals surface area contributed by atoms with E-state index < -0.39 is 20.5 Å². The summed E-state index contributed by atoms with van der Waals surface area (Å²) in [4.78, 5) is 9.95. The van der Waals surface area contributed by atoms with Gasteiger partial charge in [-0.15, -0.1) is 0 Å². The van der Waals surface area contributed by atoms with Gasteiger partial charge in [0.25, 0.3) is 5.69 Å². The summed E-state index contributed by atoms with van der Waals surface area (Å²) in [5.41, 5.74) is 0.667. The normalized spacial score (nSPS) is 15.9. The van der Waals surface area contributed by atoms with E-state index >= 15 is 0 Å². The fraction of sp³-hybridized carbons (Fsp3) is 0.250. The molecule has 0 bridgehead atoms. The number of rotatable bonds is 5. The highest BCUT2D eigenvalue weighted by Crippen LogP contribution is 2.29. The average molecular weight is 348 g/mol. The molecule has 0 spiro atoms. The van der Waals surface area contributed by atoms with Crippen LogP contribution in [0.15, 0.2) is 53.4 Å². The minimum absolute atomic E-state index is 0.0767. The quantitative estimate of drug-likeness (QED) is 0.627. The van der Waals surface area contributed by atoms with Crippen molar-refractivity contribution in [3.63, 3.8) is 0 Å². The maximum absolute atomic E-state index is 12.3. The van der Waals surface area contributed by atoms with Crippen LogP contribution in [0.2, 0.25) is 0 Å². The highest BCUT2D eigenvalue weighted by molar-refractivity contribution is 7.89. The second kappa shape index (κ2) is 5.97. The summed E-state index contributed by atoms with van der Waals surface area (Å²) in [6.07, 6.45) is 0.762. The third-order valence-electron chi connectivity index (χ3n) is 4.11. The summed E-state index contributed by atoms with van der Waals surface area (Å²) in [5, 5.41) is 21.2. The molecule has 2 aromatic carbocycles. The van der Waals surface area contributed by atoms with Crippen LogP contribution in [0.1, 0.15) is 11.1 Å². The Hall–Kier alpha value is -2.29. The van der Waals surface area contributed by atoms with E-state index in [1.54, 1.807) is 0 Å². The zero-order valence-corrected chi connectivity index (χ0v) is 13.5. The number of hydrogen-bond donors (Lipinski definition) is 2. The molecule has 0 saturated carbocycles. The van der Waals surface area contributed by atoms with E-state index in [-0.39, 0.29) is 17.1 Å². The second-order valence-corrected chi connectivity index (χ2v) is 7.69. The minimum Gasteiger partial charge on any atom is -0.388 e. The second-order valence-electron chi connectivity index (χ2n) is 5.92. The van der Waals surface area contributed by atoms with Gasteiger partial charge in [-0.05, 0) is 23.3 Å². The van der Waals surface area contributed by atoms with Crippen LogP contribution >= 0.6 is 0 Å². The molecule has 0 fully saturated rings. The molecule has 0 atom stereocenters.